The molecule has 0 aliphatic rings. The summed E-state index contributed by atoms with van der Waals surface area (Å²) in [5.74, 6) is -1.16. The number of aromatic carboxylic acids is 1. The molecular weight excluding hydrogens is 357 g/mol. The topological polar surface area (TPSA) is 58.6 Å². The molecule has 0 fully saturated rings. The van der Waals surface area contributed by atoms with Gasteiger partial charge in [-0.1, -0.05) is 42.5 Å². The molecule has 0 saturated heterocycles. The van der Waals surface area contributed by atoms with Crippen molar-refractivity contribution in [2.75, 3.05) is 11.9 Å². The fraction of sp³-hybridized carbons (Fsp3) is 0.174. The van der Waals surface area contributed by atoms with Crippen LogP contribution >= 0.6 is 0 Å². The van der Waals surface area contributed by atoms with E-state index in [1.807, 2.05) is 54.6 Å². The molecule has 3 aromatic carbocycles. The lowest BCUT2D eigenvalue weighted by Crippen LogP contribution is -2.05. The number of halogens is 1. The second-order valence-electron chi connectivity index (χ2n) is 6.45. The van der Waals surface area contributed by atoms with Crippen molar-refractivity contribution in [1.29, 1.82) is 0 Å². The van der Waals surface area contributed by atoms with E-state index in [2.05, 4.69) is 5.32 Å². The van der Waals surface area contributed by atoms with Crippen LogP contribution in [0.5, 0.6) is 5.75 Å². The molecule has 0 atom stereocenters. The molecule has 0 amide bonds. The average molecular weight is 379 g/mol. The molecule has 0 heterocycles. The van der Waals surface area contributed by atoms with Crippen molar-refractivity contribution in [3.63, 3.8) is 0 Å². The highest BCUT2D eigenvalue weighted by Crippen LogP contribution is 2.17. The minimum absolute atomic E-state index is 0.319. The summed E-state index contributed by atoms with van der Waals surface area (Å²) in [4.78, 5) is 10.8. The number of rotatable bonds is 9. The molecule has 0 aliphatic carbocycles. The largest absolute Gasteiger partial charge is 0.489 e. The van der Waals surface area contributed by atoms with Crippen molar-refractivity contribution >= 4 is 11.7 Å². The van der Waals surface area contributed by atoms with E-state index in [0.29, 0.717) is 18.8 Å². The lowest BCUT2D eigenvalue weighted by atomic mass is 10.1. The molecule has 0 spiro atoms. The van der Waals surface area contributed by atoms with Crippen molar-refractivity contribution in [3.05, 3.63) is 95.3 Å². The number of anilines is 1. The Morgan fingerprint density at radius 1 is 0.964 bits per heavy atom. The van der Waals surface area contributed by atoms with Gasteiger partial charge in [-0.05, 0) is 54.3 Å². The van der Waals surface area contributed by atoms with Crippen molar-refractivity contribution in [2.45, 2.75) is 19.4 Å². The molecule has 4 nitrogen and oxygen atoms in total. The van der Waals surface area contributed by atoms with Gasteiger partial charge >= 0.3 is 5.97 Å². The Labute approximate surface area is 163 Å². The van der Waals surface area contributed by atoms with Crippen LogP contribution in [0.4, 0.5) is 10.1 Å². The molecule has 0 aliphatic heterocycles. The molecular formula is C23H22FNO3. The smallest absolute Gasteiger partial charge is 0.338 e. The molecule has 0 bridgehead atoms. The van der Waals surface area contributed by atoms with Crippen molar-refractivity contribution < 1.29 is 19.0 Å². The third-order valence-electron chi connectivity index (χ3n) is 4.34. The van der Waals surface area contributed by atoms with Crippen molar-refractivity contribution in [2.24, 2.45) is 0 Å². The Morgan fingerprint density at radius 3 is 2.39 bits per heavy atom. The highest BCUT2D eigenvalue weighted by Gasteiger charge is 2.10. The summed E-state index contributed by atoms with van der Waals surface area (Å²) in [5, 5.41) is 12.0. The van der Waals surface area contributed by atoms with E-state index in [9.17, 15) is 9.18 Å². The van der Waals surface area contributed by atoms with E-state index in [-0.39, 0.29) is 5.56 Å². The van der Waals surface area contributed by atoms with Crippen LogP contribution in [0.2, 0.25) is 0 Å². The quantitative estimate of drug-likeness (QED) is 0.505. The summed E-state index contributed by atoms with van der Waals surface area (Å²) in [7, 11) is 0. The van der Waals surface area contributed by atoms with Gasteiger partial charge in [0.15, 0.2) is 0 Å². The highest BCUT2D eigenvalue weighted by atomic mass is 19.1. The molecule has 0 unspecified atom stereocenters. The van der Waals surface area contributed by atoms with Gasteiger partial charge in [-0.25, -0.2) is 9.18 Å². The zero-order valence-electron chi connectivity index (χ0n) is 15.4. The number of hydrogen-bond acceptors (Lipinski definition) is 3. The van der Waals surface area contributed by atoms with Gasteiger partial charge in [0.2, 0.25) is 0 Å². The Bertz CT molecular complexity index is 911. The normalized spacial score (nSPS) is 10.5. The predicted octanol–water partition coefficient (Wildman–Crippen LogP) is 5.15. The summed E-state index contributed by atoms with van der Waals surface area (Å²) in [6, 6.07) is 22.1. The van der Waals surface area contributed by atoms with Crippen molar-refractivity contribution in [1.82, 2.24) is 0 Å². The monoisotopic (exact) mass is 379 g/mol. The first-order chi connectivity index (χ1) is 13.6. The van der Waals surface area contributed by atoms with E-state index in [0.717, 1.165) is 24.2 Å². The Balaban J connectivity index is 1.41. The Hall–Kier alpha value is -3.34. The van der Waals surface area contributed by atoms with Crippen LogP contribution < -0.4 is 10.1 Å². The van der Waals surface area contributed by atoms with Crippen LogP contribution in [-0.4, -0.2) is 17.6 Å². The molecule has 0 radical (unpaired) electrons. The Morgan fingerprint density at radius 2 is 1.71 bits per heavy atom. The van der Waals surface area contributed by atoms with Gasteiger partial charge < -0.3 is 15.2 Å². The lowest BCUT2D eigenvalue weighted by molar-refractivity contribution is 0.0692. The summed E-state index contributed by atoms with van der Waals surface area (Å²) in [6.07, 6.45) is 1.74. The van der Waals surface area contributed by atoms with Crippen LogP contribution in [-0.2, 0) is 13.0 Å². The molecule has 0 aromatic heterocycles. The van der Waals surface area contributed by atoms with Crippen LogP contribution in [0.3, 0.4) is 0 Å². The molecule has 144 valence electrons. The summed E-state index contributed by atoms with van der Waals surface area (Å²) < 4.78 is 19.4. The van der Waals surface area contributed by atoms with Crippen LogP contribution in [0, 0.1) is 5.82 Å². The lowest BCUT2D eigenvalue weighted by Gasteiger charge is -2.09. The van der Waals surface area contributed by atoms with E-state index in [4.69, 9.17) is 9.84 Å². The maximum Gasteiger partial charge on any atom is 0.338 e. The first kappa shape index (κ1) is 19.4. The van der Waals surface area contributed by atoms with E-state index >= 15 is 0 Å². The van der Waals surface area contributed by atoms with E-state index in [1.54, 1.807) is 6.07 Å². The fourth-order valence-corrected chi connectivity index (χ4v) is 2.82. The predicted molar refractivity (Wildman–Crippen MR) is 107 cm³/mol. The van der Waals surface area contributed by atoms with E-state index in [1.165, 1.54) is 17.7 Å². The second kappa shape index (κ2) is 9.55. The maximum absolute atomic E-state index is 13.7. The van der Waals surface area contributed by atoms with Crippen molar-refractivity contribution in [3.8, 4) is 5.75 Å². The number of ether oxygens (including phenoxy) is 1. The number of carboxylic acid groups (broad SMARTS) is 1. The van der Waals surface area contributed by atoms with Gasteiger partial charge in [0.05, 0.1) is 5.56 Å². The molecule has 5 heteroatoms. The third kappa shape index (κ3) is 5.58. The van der Waals surface area contributed by atoms with Gasteiger partial charge in [-0.15, -0.1) is 0 Å². The summed E-state index contributed by atoms with van der Waals surface area (Å²) in [6.45, 7) is 1.21. The average Bonchev–Trinajstić information content (AvgIpc) is 2.71. The van der Waals surface area contributed by atoms with E-state index < -0.39 is 11.8 Å². The standard InChI is InChI=1S/C23H22FNO3/c24-22-15-19(10-13-21(22)23(26)27)25-14-4-7-17-8-11-20(12-9-17)28-16-18-5-2-1-3-6-18/h1-3,5-6,8-13,15,25H,4,7,14,16H2,(H,26,27). The maximum atomic E-state index is 13.7. The number of nitrogens with one attached hydrogen (secondary N) is 1. The van der Waals surface area contributed by atoms with Gasteiger partial charge in [0, 0.05) is 12.2 Å². The number of hydrogen-bond donors (Lipinski definition) is 2. The summed E-state index contributed by atoms with van der Waals surface area (Å²) in [5.41, 5.74) is 2.58. The molecule has 2 N–H and O–H groups in total. The zero-order valence-corrected chi connectivity index (χ0v) is 15.4. The highest BCUT2D eigenvalue weighted by molar-refractivity contribution is 5.88. The first-order valence-electron chi connectivity index (χ1n) is 9.14. The number of aryl methyl sites for hydroxylation is 1. The zero-order chi connectivity index (χ0) is 19.8. The van der Waals surface area contributed by atoms with Crippen LogP contribution in [0.25, 0.3) is 0 Å². The van der Waals surface area contributed by atoms with Gasteiger partial charge in [0.25, 0.3) is 0 Å². The number of carboxylic acids is 1. The minimum Gasteiger partial charge on any atom is -0.489 e. The molecule has 3 aromatic rings. The molecule has 0 saturated carbocycles. The first-order valence-corrected chi connectivity index (χ1v) is 9.14. The van der Waals surface area contributed by atoms with Gasteiger partial charge in [-0.3, -0.25) is 0 Å². The van der Waals surface area contributed by atoms with Gasteiger partial charge in [0.1, 0.15) is 18.2 Å². The summed E-state index contributed by atoms with van der Waals surface area (Å²) >= 11 is 0. The fourth-order valence-electron chi connectivity index (χ4n) is 2.82. The minimum atomic E-state index is -1.26. The molecule has 28 heavy (non-hydrogen) atoms. The van der Waals surface area contributed by atoms with Crippen LogP contribution in [0.15, 0.2) is 72.8 Å². The number of carbonyl (C=O) groups is 1. The Kier molecular flexibility index (Phi) is 6.63. The SMILES string of the molecule is O=C(O)c1ccc(NCCCc2ccc(OCc3ccccc3)cc2)cc1F. The second-order valence-corrected chi connectivity index (χ2v) is 6.45. The molecule has 3 rings (SSSR count). The van der Waals surface area contributed by atoms with Crippen LogP contribution in [0.1, 0.15) is 27.9 Å². The van der Waals surface area contributed by atoms with Gasteiger partial charge in [-0.2, -0.15) is 0 Å². The third-order valence-corrected chi connectivity index (χ3v) is 4.34. The number of benzene rings is 3.